The number of alkyl halides is 3. The molecule has 8 heteroatoms. The minimum absolute atomic E-state index is 0.0256. The van der Waals surface area contributed by atoms with E-state index in [1.54, 1.807) is 13.0 Å². The van der Waals surface area contributed by atoms with Crippen molar-refractivity contribution in [2.45, 2.75) is 32.0 Å². The van der Waals surface area contributed by atoms with Crippen LogP contribution in [0.1, 0.15) is 34.5 Å². The Balaban J connectivity index is 2.00. The minimum atomic E-state index is -4.55. The first-order chi connectivity index (χ1) is 13.3. The molecule has 2 heterocycles. The topological polar surface area (TPSA) is 62.4 Å². The number of allylic oxidation sites excluding steroid dienone is 1. The van der Waals surface area contributed by atoms with Crippen LogP contribution in [0.4, 0.5) is 18.9 Å². The van der Waals surface area contributed by atoms with Crippen LogP contribution in [0.5, 0.6) is 0 Å². The molecule has 1 N–H and O–H groups in total. The zero-order valence-electron chi connectivity index (χ0n) is 15.1. The molecule has 0 saturated heterocycles. The van der Waals surface area contributed by atoms with Crippen LogP contribution >= 0.6 is 0 Å². The van der Waals surface area contributed by atoms with Gasteiger partial charge in [0, 0.05) is 11.4 Å². The molecule has 2 aromatic rings. The van der Waals surface area contributed by atoms with Crippen LogP contribution < -0.4 is 10.5 Å². The second-order valence-electron chi connectivity index (χ2n) is 6.56. The van der Waals surface area contributed by atoms with Gasteiger partial charge in [-0.2, -0.15) is 13.2 Å². The number of hydrogen-bond donors (Lipinski definition) is 1. The largest absolute Gasteiger partial charge is 0.496 e. The summed E-state index contributed by atoms with van der Waals surface area (Å²) in [6, 6.07) is 7.43. The van der Waals surface area contributed by atoms with Crippen LogP contribution in [0.3, 0.4) is 0 Å². The van der Waals surface area contributed by atoms with Crippen molar-refractivity contribution in [1.29, 1.82) is 0 Å². The van der Waals surface area contributed by atoms with Crippen molar-refractivity contribution in [2.24, 2.45) is 0 Å². The third-order valence-electron chi connectivity index (χ3n) is 4.42. The predicted molar refractivity (Wildman–Crippen MR) is 98.2 cm³/mol. The second kappa shape index (κ2) is 7.92. The summed E-state index contributed by atoms with van der Waals surface area (Å²) in [5.41, 5.74) is -0.975. The molecule has 1 atom stereocenters. The smallest absolute Gasteiger partial charge is 0.416 e. The van der Waals surface area contributed by atoms with Gasteiger partial charge in [-0.1, -0.05) is 6.07 Å². The first-order valence-corrected chi connectivity index (χ1v) is 8.75. The predicted octanol–water partition coefficient (Wildman–Crippen LogP) is 4.04. The van der Waals surface area contributed by atoms with Crippen molar-refractivity contribution < 1.29 is 22.7 Å². The number of aryl methyl sites for hydroxylation is 1. The molecule has 0 spiro atoms. The highest BCUT2D eigenvalue weighted by Gasteiger charge is 2.32. The van der Waals surface area contributed by atoms with Crippen molar-refractivity contribution in [3.63, 3.8) is 0 Å². The van der Waals surface area contributed by atoms with Crippen molar-refractivity contribution in [3.05, 3.63) is 75.9 Å². The Hall–Kier alpha value is -3.03. The average Bonchev–Trinajstić information content (AvgIpc) is 2.66. The first kappa shape index (κ1) is 19.7. The van der Waals surface area contributed by atoms with Gasteiger partial charge in [-0.15, -0.1) is 0 Å². The van der Waals surface area contributed by atoms with Gasteiger partial charge < -0.3 is 14.6 Å². The number of nitrogens with zero attached hydrogens (tertiary/aromatic N) is 1. The molecule has 148 valence electrons. The molecule has 5 nitrogen and oxygen atoms in total. The number of halogens is 3. The molecule has 0 bridgehead atoms. The third kappa shape index (κ3) is 4.44. The fraction of sp³-hybridized carbons (Fsp3) is 0.300. The van der Waals surface area contributed by atoms with Crippen molar-refractivity contribution >= 4 is 11.6 Å². The molecule has 1 aromatic heterocycles. The van der Waals surface area contributed by atoms with E-state index in [2.05, 4.69) is 4.98 Å². The van der Waals surface area contributed by atoms with Gasteiger partial charge in [0.05, 0.1) is 18.4 Å². The summed E-state index contributed by atoms with van der Waals surface area (Å²) in [4.78, 5) is 29.0. The molecular weight excluding hydrogens is 373 g/mol. The number of hydrogen-bond acceptors (Lipinski definition) is 3. The zero-order valence-corrected chi connectivity index (χ0v) is 15.1. The molecule has 28 heavy (non-hydrogen) atoms. The number of pyridine rings is 1. The molecule has 0 aliphatic carbocycles. The van der Waals surface area contributed by atoms with Gasteiger partial charge >= 0.3 is 6.18 Å². The molecule has 1 aliphatic rings. The number of ether oxygens (including phenoxy) is 1. The van der Waals surface area contributed by atoms with E-state index in [-0.39, 0.29) is 23.9 Å². The van der Waals surface area contributed by atoms with Crippen LogP contribution in [-0.2, 0) is 10.9 Å². The van der Waals surface area contributed by atoms with Crippen LogP contribution in [0.2, 0.25) is 0 Å². The van der Waals surface area contributed by atoms with E-state index in [0.29, 0.717) is 12.1 Å². The number of benzene rings is 1. The Morgan fingerprint density at radius 3 is 2.71 bits per heavy atom. The average molecular weight is 392 g/mol. The van der Waals surface area contributed by atoms with Gasteiger partial charge in [0.2, 0.25) is 0 Å². The van der Waals surface area contributed by atoms with E-state index in [4.69, 9.17) is 4.74 Å². The Labute approximate surface area is 159 Å². The van der Waals surface area contributed by atoms with Crippen molar-refractivity contribution in [2.75, 3.05) is 11.4 Å². The lowest BCUT2D eigenvalue weighted by Gasteiger charge is -2.29. The fourth-order valence-corrected chi connectivity index (χ4v) is 2.96. The van der Waals surface area contributed by atoms with E-state index < -0.39 is 23.2 Å². The molecule has 3 rings (SSSR count). The number of H-pyrrole nitrogens is 1. The Morgan fingerprint density at radius 1 is 1.29 bits per heavy atom. The number of rotatable bonds is 4. The van der Waals surface area contributed by atoms with Crippen molar-refractivity contribution in [3.8, 4) is 0 Å². The summed E-state index contributed by atoms with van der Waals surface area (Å²) in [5, 5.41) is 0. The zero-order chi connectivity index (χ0) is 20.3. The van der Waals surface area contributed by atoms with Crippen molar-refractivity contribution in [1.82, 2.24) is 4.98 Å². The van der Waals surface area contributed by atoms with Crippen LogP contribution in [0.25, 0.3) is 0 Å². The molecule has 1 aliphatic heterocycles. The molecule has 1 unspecified atom stereocenters. The van der Waals surface area contributed by atoms with Gasteiger partial charge in [-0.05, 0) is 56.2 Å². The molecule has 1 aromatic carbocycles. The number of carbonyl (C=O) groups is 1. The van der Waals surface area contributed by atoms with Gasteiger partial charge in [0.1, 0.15) is 11.7 Å². The van der Waals surface area contributed by atoms with E-state index in [1.807, 2.05) is 6.08 Å². The first-order valence-electron chi connectivity index (χ1n) is 8.75. The summed E-state index contributed by atoms with van der Waals surface area (Å²) in [5.74, 6) is -0.682. The van der Waals surface area contributed by atoms with E-state index in [0.717, 1.165) is 18.6 Å². The van der Waals surface area contributed by atoms with Gasteiger partial charge in [-0.3, -0.25) is 9.59 Å². The lowest BCUT2D eigenvalue weighted by molar-refractivity contribution is -0.137. The molecule has 0 fully saturated rings. The van der Waals surface area contributed by atoms with E-state index >= 15 is 0 Å². The molecule has 1 amide bonds. The number of nitrogens with one attached hydrogen (secondary N) is 1. The van der Waals surface area contributed by atoms with Gasteiger partial charge in [0.15, 0.2) is 0 Å². The summed E-state index contributed by atoms with van der Waals surface area (Å²) < 4.78 is 44.9. The van der Waals surface area contributed by atoms with Gasteiger partial charge in [0.25, 0.3) is 11.5 Å². The SMILES string of the molecule is Cc1ccc(C(=O)N(CC2CCC=CO2)c2cccc(C(F)(F)F)c2)c(=O)[nH]1. The van der Waals surface area contributed by atoms with Crippen LogP contribution in [0.15, 0.2) is 53.5 Å². The number of amides is 1. The van der Waals surface area contributed by atoms with E-state index in [9.17, 15) is 22.8 Å². The summed E-state index contributed by atoms with van der Waals surface area (Å²) in [7, 11) is 0. The number of aromatic amines is 1. The summed E-state index contributed by atoms with van der Waals surface area (Å²) in [6.07, 6.45) is -0.229. The van der Waals surface area contributed by atoms with Gasteiger partial charge in [-0.25, -0.2) is 0 Å². The normalized spacial score (nSPS) is 16.5. The lowest BCUT2D eigenvalue weighted by atomic mass is 10.1. The molecular formula is C20H19F3N2O3. The molecule has 0 radical (unpaired) electrons. The number of anilines is 1. The maximum atomic E-state index is 13.1. The molecule has 0 saturated carbocycles. The third-order valence-corrected chi connectivity index (χ3v) is 4.42. The maximum Gasteiger partial charge on any atom is 0.416 e. The minimum Gasteiger partial charge on any atom is -0.496 e. The summed E-state index contributed by atoms with van der Waals surface area (Å²) >= 11 is 0. The highest BCUT2D eigenvalue weighted by atomic mass is 19.4. The second-order valence-corrected chi connectivity index (χ2v) is 6.56. The Kier molecular flexibility index (Phi) is 5.58. The summed E-state index contributed by atoms with van der Waals surface area (Å²) in [6.45, 7) is 1.69. The van der Waals surface area contributed by atoms with Crippen LogP contribution in [0, 0.1) is 6.92 Å². The quantitative estimate of drug-likeness (QED) is 0.854. The maximum absolute atomic E-state index is 13.1. The highest BCUT2D eigenvalue weighted by Crippen LogP contribution is 2.32. The Morgan fingerprint density at radius 2 is 2.07 bits per heavy atom. The Bertz CT molecular complexity index is 950. The highest BCUT2D eigenvalue weighted by molar-refractivity contribution is 6.06. The standard InChI is InChI=1S/C20H19F3N2O3/c1-13-8-9-17(18(26)24-13)19(27)25(12-16-7-2-3-10-28-16)15-6-4-5-14(11-15)20(21,22)23/h3-6,8-11,16H,2,7,12H2,1H3,(H,24,26). The number of carbonyl (C=O) groups excluding carboxylic acids is 1. The monoisotopic (exact) mass is 392 g/mol. The number of aromatic nitrogens is 1. The lowest BCUT2D eigenvalue weighted by Crippen LogP contribution is -2.41. The fourth-order valence-electron chi connectivity index (χ4n) is 2.96. The van der Waals surface area contributed by atoms with Crippen LogP contribution in [-0.4, -0.2) is 23.5 Å². The van der Waals surface area contributed by atoms with E-state index in [1.165, 1.54) is 29.4 Å².